The minimum atomic E-state index is -1.10. The largest absolute Gasteiger partial charge is 0.495 e. The van der Waals surface area contributed by atoms with E-state index in [1.54, 1.807) is 25.1 Å². The molecule has 0 fully saturated rings. The Morgan fingerprint density at radius 2 is 2.24 bits per heavy atom. The lowest BCUT2D eigenvalue weighted by Gasteiger charge is -2.10. The van der Waals surface area contributed by atoms with E-state index < -0.39 is 5.97 Å². The number of nitrogens with one attached hydrogen (secondary N) is 1. The molecule has 6 nitrogen and oxygen atoms in total. The molecule has 0 atom stereocenters. The van der Waals surface area contributed by atoms with Crippen LogP contribution in [0.5, 0.6) is 5.75 Å². The van der Waals surface area contributed by atoms with Gasteiger partial charge in [0.2, 0.25) is 5.76 Å². The molecule has 2 aromatic rings. The Kier molecular flexibility index (Phi) is 4.14. The van der Waals surface area contributed by atoms with Crippen molar-refractivity contribution in [1.29, 1.82) is 5.26 Å². The highest BCUT2D eigenvalue weighted by Gasteiger charge is 2.13. The van der Waals surface area contributed by atoms with Gasteiger partial charge in [0.1, 0.15) is 11.5 Å². The van der Waals surface area contributed by atoms with Gasteiger partial charge in [0.25, 0.3) is 0 Å². The van der Waals surface area contributed by atoms with Gasteiger partial charge >= 0.3 is 5.97 Å². The third-order valence-electron chi connectivity index (χ3n) is 3.03. The van der Waals surface area contributed by atoms with Crippen LogP contribution < -0.4 is 10.1 Å². The number of aryl methyl sites for hydroxylation is 1. The average Bonchev–Trinajstić information content (AvgIpc) is 2.86. The van der Waals surface area contributed by atoms with Crippen molar-refractivity contribution < 1.29 is 19.1 Å². The molecule has 2 N–H and O–H groups in total. The third-order valence-corrected chi connectivity index (χ3v) is 3.03. The van der Waals surface area contributed by atoms with Crippen LogP contribution in [0.4, 0.5) is 5.69 Å². The highest BCUT2D eigenvalue weighted by atomic mass is 16.5. The van der Waals surface area contributed by atoms with Crippen LogP contribution in [0.3, 0.4) is 0 Å². The molecule has 2 rings (SSSR count). The maximum absolute atomic E-state index is 10.8. The molecule has 0 unspecified atom stereocenters. The Morgan fingerprint density at radius 3 is 2.81 bits per heavy atom. The van der Waals surface area contributed by atoms with Crippen molar-refractivity contribution in [3.05, 3.63) is 46.9 Å². The number of anilines is 1. The normalized spacial score (nSPS) is 9.95. The van der Waals surface area contributed by atoms with Gasteiger partial charge in [0, 0.05) is 18.2 Å². The quantitative estimate of drug-likeness (QED) is 0.877. The summed E-state index contributed by atoms with van der Waals surface area (Å²) in [4.78, 5) is 10.8. The Hall–Kier alpha value is -2.94. The molecule has 6 heteroatoms. The lowest BCUT2D eigenvalue weighted by molar-refractivity contribution is 0.0661. The SMILES string of the molecule is COc1cc(C#N)ccc1NCc1cc(C(=O)O)oc1C. The zero-order valence-corrected chi connectivity index (χ0v) is 11.6. The van der Waals surface area contributed by atoms with Crippen LogP contribution in [0.15, 0.2) is 28.7 Å². The van der Waals surface area contributed by atoms with Crippen molar-refractivity contribution in [1.82, 2.24) is 0 Å². The summed E-state index contributed by atoms with van der Waals surface area (Å²) < 4.78 is 10.4. The van der Waals surface area contributed by atoms with E-state index in [4.69, 9.17) is 19.5 Å². The number of ether oxygens (including phenoxy) is 1. The lowest BCUT2D eigenvalue weighted by atomic mass is 10.2. The number of nitriles is 1. The molecule has 0 aliphatic rings. The van der Waals surface area contributed by atoms with Gasteiger partial charge in [-0.3, -0.25) is 0 Å². The van der Waals surface area contributed by atoms with Crippen LogP contribution in [0, 0.1) is 18.3 Å². The standard InChI is InChI=1S/C15H14N2O4/c1-9-11(6-14(21-9)15(18)19)8-17-12-4-3-10(7-16)5-13(12)20-2/h3-6,17H,8H2,1-2H3,(H,18,19). The number of benzene rings is 1. The summed E-state index contributed by atoms with van der Waals surface area (Å²) >= 11 is 0. The fourth-order valence-electron chi connectivity index (χ4n) is 1.90. The van der Waals surface area contributed by atoms with Gasteiger partial charge in [-0.05, 0) is 25.1 Å². The molecule has 1 heterocycles. The van der Waals surface area contributed by atoms with Gasteiger partial charge < -0.3 is 19.6 Å². The minimum absolute atomic E-state index is 0.0870. The number of carboxylic acids is 1. The van der Waals surface area contributed by atoms with E-state index in [9.17, 15) is 4.79 Å². The van der Waals surface area contributed by atoms with Gasteiger partial charge in [-0.25, -0.2) is 4.79 Å². The molecule has 0 bridgehead atoms. The minimum Gasteiger partial charge on any atom is -0.495 e. The molecule has 0 amide bonds. The number of hydrogen-bond donors (Lipinski definition) is 2. The van der Waals surface area contributed by atoms with Crippen LogP contribution >= 0.6 is 0 Å². The van der Waals surface area contributed by atoms with Crippen LogP contribution in [-0.4, -0.2) is 18.2 Å². The fourth-order valence-corrected chi connectivity index (χ4v) is 1.90. The van der Waals surface area contributed by atoms with Crippen molar-refractivity contribution in [2.45, 2.75) is 13.5 Å². The maximum Gasteiger partial charge on any atom is 0.371 e. The number of methoxy groups -OCH3 is 1. The van der Waals surface area contributed by atoms with Gasteiger partial charge in [-0.1, -0.05) is 0 Å². The summed E-state index contributed by atoms with van der Waals surface area (Å²) in [6.45, 7) is 2.10. The predicted molar refractivity (Wildman–Crippen MR) is 75.4 cm³/mol. The monoisotopic (exact) mass is 286 g/mol. The summed E-state index contributed by atoms with van der Waals surface area (Å²) in [5, 5.41) is 20.9. The predicted octanol–water partition coefficient (Wildman–Crippen LogP) is 2.78. The van der Waals surface area contributed by atoms with E-state index in [-0.39, 0.29) is 5.76 Å². The molecule has 0 aliphatic carbocycles. The molecule has 21 heavy (non-hydrogen) atoms. The second kappa shape index (κ2) is 6.01. The van der Waals surface area contributed by atoms with E-state index in [1.165, 1.54) is 13.2 Å². The van der Waals surface area contributed by atoms with E-state index >= 15 is 0 Å². The smallest absolute Gasteiger partial charge is 0.371 e. The number of aromatic carboxylic acids is 1. The van der Waals surface area contributed by atoms with Gasteiger partial charge in [0.05, 0.1) is 24.4 Å². The second-order valence-electron chi connectivity index (χ2n) is 4.38. The van der Waals surface area contributed by atoms with Gasteiger partial charge in [0.15, 0.2) is 0 Å². The zero-order chi connectivity index (χ0) is 15.4. The Balaban J connectivity index is 2.17. The van der Waals surface area contributed by atoms with Crippen LogP contribution in [0.1, 0.15) is 27.4 Å². The van der Waals surface area contributed by atoms with Gasteiger partial charge in [-0.15, -0.1) is 0 Å². The second-order valence-corrected chi connectivity index (χ2v) is 4.38. The van der Waals surface area contributed by atoms with Crippen LogP contribution in [-0.2, 0) is 6.54 Å². The van der Waals surface area contributed by atoms with Crippen molar-refractivity contribution in [2.24, 2.45) is 0 Å². The van der Waals surface area contributed by atoms with Crippen molar-refractivity contribution >= 4 is 11.7 Å². The Morgan fingerprint density at radius 1 is 1.48 bits per heavy atom. The van der Waals surface area contributed by atoms with Crippen molar-refractivity contribution in [3.63, 3.8) is 0 Å². The van der Waals surface area contributed by atoms with E-state index in [0.29, 0.717) is 29.3 Å². The molecule has 108 valence electrons. The van der Waals surface area contributed by atoms with E-state index in [0.717, 1.165) is 5.56 Å². The van der Waals surface area contributed by atoms with Gasteiger partial charge in [-0.2, -0.15) is 5.26 Å². The number of rotatable bonds is 5. The first-order valence-electron chi connectivity index (χ1n) is 6.19. The van der Waals surface area contributed by atoms with E-state index in [2.05, 4.69) is 5.32 Å². The lowest BCUT2D eigenvalue weighted by Crippen LogP contribution is -2.02. The fraction of sp³-hybridized carbons (Fsp3) is 0.200. The molecule has 0 aliphatic heterocycles. The molecular formula is C15H14N2O4. The summed E-state index contributed by atoms with van der Waals surface area (Å²) in [5.74, 6) is -0.0856. The first kappa shape index (κ1) is 14.5. The summed E-state index contributed by atoms with van der Waals surface area (Å²) in [6.07, 6.45) is 0. The number of carboxylic acid groups (broad SMARTS) is 1. The molecule has 1 aromatic heterocycles. The average molecular weight is 286 g/mol. The summed E-state index contributed by atoms with van der Waals surface area (Å²) in [6, 6.07) is 8.58. The number of hydrogen-bond acceptors (Lipinski definition) is 5. The van der Waals surface area contributed by atoms with Crippen molar-refractivity contribution in [3.8, 4) is 11.8 Å². The molecule has 0 radical (unpaired) electrons. The molecular weight excluding hydrogens is 272 g/mol. The first-order chi connectivity index (χ1) is 10.0. The highest BCUT2D eigenvalue weighted by Crippen LogP contribution is 2.26. The summed E-state index contributed by atoms with van der Waals surface area (Å²) in [7, 11) is 1.52. The zero-order valence-electron chi connectivity index (χ0n) is 11.6. The Bertz CT molecular complexity index is 713. The van der Waals surface area contributed by atoms with Crippen LogP contribution in [0.25, 0.3) is 0 Å². The molecule has 0 saturated heterocycles. The maximum atomic E-state index is 10.8. The molecule has 1 aromatic carbocycles. The first-order valence-corrected chi connectivity index (χ1v) is 6.19. The number of carbonyl (C=O) groups is 1. The highest BCUT2D eigenvalue weighted by molar-refractivity contribution is 5.84. The molecule has 0 saturated carbocycles. The summed E-state index contributed by atoms with van der Waals surface area (Å²) in [5.41, 5.74) is 1.97. The number of furan rings is 1. The third kappa shape index (κ3) is 3.15. The van der Waals surface area contributed by atoms with Crippen LogP contribution in [0.2, 0.25) is 0 Å². The number of nitrogens with zero attached hydrogens (tertiary/aromatic N) is 1. The Labute approximate surface area is 121 Å². The molecule has 0 spiro atoms. The van der Waals surface area contributed by atoms with E-state index in [1.807, 2.05) is 6.07 Å². The topological polar surface area (TPSA) is 95.5 Å². The van der Waals surface area contributed by atoms with Crippen molar-refractivity contribution in [2.75, 3.05) is 12.4 Å².